The van der Waals surface area contributed by atoms with Gasteiger partial charge in [-0.25, -0.2) is 0 Å². The van der Waals surface area contributed by atoms with Gasteiger partial charge in [0.1, 0.15) is 4.83 Å². The van der Waals surface area contributed by atoms with Gasteiger partial charge in [-0.3, -0.25) is 14.3 Å². The molecule has 0 aliphatic heterocycles. The summed E-state index contributed by atoms with van der Waals surface area (Å²) in [5, 5.41) is 9.35. The van der Waals surface area contributed by atoms with Gasteiger partial charge in [0.05, 0.1) is 28.4 Å². The standard InChI is InChI=1S/C21H16Cl2N4O2S/c1-11-15-9-18(20(29)25-17-5-3-2-4-14(17)19(24)28)30-21(15)27(26-11)10-12-6-7-13(22)8-16(12)23/h2-9H,10H2,1H3,(H2,24,28)(H,25,29). The number of aromatic nitrogens is 2. The molecule has 3 N–H and O–H groups in total. The lowest BCUT2D eigenvalue weighted by atomic mass is 10.1. The molecule has 0 aliphatic carbocycles. The number of nitrogens with zero attached hydrogens (tertiary/aromatic N) is 2. The molecule has 0 unspecified atom stereocenters. The molecule has 2 amide bonds. The first-order valence-corrected chi connectivity index (χ1v) is 10.5. The van der Waals surface area contributed by atoms with E-state index in [0.29, 0.717) is 27.2 Å². The number of halogens is 2. The predicted octanol–water partition coefficient (Wildman–Crippen LogP) is 5.11. The van der Waals surface area contributed by atoms with Crippen molar-refractivity contribution >= 4 is 62.3 Å². The van der Waals surface area contributed by atoms with Gasteiger partial charge in [0.15, 0.2) is 0 Å². The number of hydrogen-bond acceptors (Lipinski definition) is 4. The molecule has 0 atom stereocenters. The molecule has 0 radical (unpaired) electrons. The molecule has 9 heteroatoms. The summed E-state index contributed by atoms with van der Waals surface area (Å²) in [5.41, 5.74) is 7.70. The van der Waals surface area contributed by atoms with Crippen molar-refractivity contribution in [2.75, 3.05) is 5.32 Å². The van der Waals surface area contributed by atoms with E-state index in [1.165, 1.54) is 11.3 Å². The summed E-state index contributed by atoms with van der Waals surface area (Å²) in [4.78, 5) is 25.8. The number of rotatable bonds is 5. The van der Waals surface area contributed by atoms with Gasteiger partial charge in [0, 0.05) is 15.4 Å². The maximum Gasteiger partial charge on any atom is 0.265 e. The lowest BCUT2D eigenvalue weighted by molar-refractivity contribution is 0.100. The fourth-order valence-corrected chi connectivity index (χ4v) is 4.66. The van der Waals surface area contributed by atoms with Gasteiger partial charge in [0.25, 0.3) is 11.8 Å². The third-order valence-corrected chi connectivity index (χ3v) is 6.34. The Morgan fingerprint density at radius 3 is 2.67 bits per heavy atom. The van der Waals surface area contributed by atoms with Gasteiger partial charge in [-0.05, 0) is 42.8 Å². The zero-order chi connectivity index (χ0) is 21.4. The fraction of sp³-hybridized carbons (Fsp3) is 0.0952. The molecule has 0 saturated heterocycles. The van der Waals surface area contributed by atoms with Gasteiger partial charge >= 0.3 is 0 Å². The van der Waals surface area contributed by atoms with Crippen LogP contribution in [0.1, 0.15) is 31.3 Å². The van der Waals surface area contributed by atoms with Gasteiger partial charge in [-0.1, -0.05) is 41.4 Å². The molecule has 2 aromatic carbocycles. The number of carbonyl (C=O) groups is 2. The zero-order valence-corrected chi connectivity index (χ0v) is 18.1. The molecule has 0 saturated carbocycles. The van der Waals surface area contributed by atoms with Crippen LogP contribution in [0, 0.1) is 6.92 Å². The summed E-state index contributed by atoms with van der Waals surface area (Å²) >= 11 is 13.6. The summed E-state index contributed by atoms with van der Waals surface area (Å²) in [6, 6.07) is 13.7. The first-order chi connectivity index (χ1) is 14.3. The molecule has 6 nitrogen and oxygen atoms in total. The lowest BCUT2D eigenvalue weighted by Gasteiger charge is -2.07. The maximum absolute atomic E-state index is 12.8. The quantitative estimate of drug-likeness (QED) is 0.435. The Morgan fingerprint density at radius 1 is 1.17 bits per heavy atom. The highest BCUT2D eigenvalue weighted by Gasteiger charge is 2.18. The highest BCUT2D eigenvalue weighted by Crippen LogP contribution is 2.31. The zero-order valence-electron chi connectivity index (χ0n) is 15.8. The van der Waals surface area contributed by atoms with E-state index >= 15 is 0 Å². The van der Waals surface area contributed by atoms with Crippen molar-refractivity contribution in [3.63, 3.8) is 0 Å². The number of thiophene rings is 1. The van der Waals surface area contributed by atoms with Crippen molar-refractivity contribution in [2.45, 2.75) is 13.5 Å². The van der Waals surface area contributed by atoms with Gasteiger partial charge in [-0.2, -0.15) is 5.10 Å². The minimum Gasteiger partial charge on any atom is -0.366 e. The normalized spacial score (nSPS) is 11.0. The van der Waals surface area contributed by atoms with Crippen LogP contribution in [0.15, 0.2) is 48.5 Å². The molecule has 30 heavy (non-hydrogen) atoms. The van der Waals surface area contributed by atoms with Crippen molar-refractivity contribution in [2.24, 2.45) is 5.73 Å². The number of fused-ring (bicyclic) bond motifs is 1. The highest BCUT2D eigenvalue weighted by molar-refractivity contribution is 7.20. The number of aryl methyl sites for hydroxylation is 1. The Morgan fingerprint density at radius 2 is 1.93 bits per heavy atom. The summed E-state index contributed by atoms with van der Waals surface area (Å²) in [7, 11) is 0. The number of anilines is 1. The Hall–Kier alpha value is -2.87. The molecular weight excluding hydrogens is 443 g/mol. The molecular formula is C21H16Cl2N4O2S. The highest BCUT2D eigenvalue weighted by atomic mass is 35.5. The Balaban J connectivity index is 1.65. The van der Waals surface area contributed by atoms with Gasteiger partial charge in [0.2, 0.25) is 0 Å². The number of nitrogens with one attached hydrogen (secondary N) is 1. The van der Waals surface area contributed by atoms with Crippen LogP contribution >= 0.6 is 34.5 Å². The average Bonchev–Trinajstić information content (AvgIpc) is 3.26. The number of benzene rings is 2. The van der Waals surface area contributed by atoms with Gasteiger partial charge < -0.3 is 11.1 Å². The van der Waals surface area contributed by atoms with Crippen LogP contribution in [0.5, 0.6) is 0 Å². The number of nitrogens with two attached hydrogens (primary N) is 1. The average molecular weight is 459 g/mol. The van der Waals surface area contributed by atoms with Crippen molar-refractivity contribution in [3.05, 3.63) is 80.3 Å². The number of para-hydroxylation sites is 1. The van der Waals surface area contributed by atoms with Gasteiger partial charge in [-0.15, -0.1) is 11.3 Å². The van der Waals surface area contributed by atoms with Crippen molar-refractivity contribution < 1.29 is 9.59 Å². The SMILES string of the molecule is Cc1nn(Cc2ccc(Cl)cc2Cl)c2sc(C(=O)Nc3ccccc3C(N)=O)cc12. The van der Waals surface area contributed by atoms with Crippen LogP contribution in [0.2, 0.25) is 10.0 Å². The van der Waals surface area contributed by atoms with E-state index in [-0.39, 0.29) is 11.5 Å². The second-order valence-electron chi connectivity index (χ2n) is 6.67. The minimum absolute atomic E-state index is 0.256. The van der Waals surface area contributed by atoms with E-state index < -0.39 is 5.91 Å². The summed E-state index contributed by atoms with van der Waals surface area (Å²) in [6.45, 7) is 2.34. The van der Waals surface area contributed by atoms with Crippen LogP contribution < -0.4 is 11.1 Å². The van der Waals surface area contributed by atoms with E-state index in [0.717, 1.165) is 21.5 Å². The topological polar surface area (TPSA) is 90.0 Å². The molecule has 4 rings (SSSR count). The molecule has 0 spiro atoms. The van der Waals surface area contributed by atoms with Crippen LogP contribution in [0.25, 0.3) is 10.2 Å². The number of primary amides is 1. The van der Waals surface area contributed by atoms with Crippen LogP contribution in [-0.4, -0.2) is 21.6 Å². The molecule has 2 aromatic heterocycles. The van der Waals surface area contributed by atoms with E-state index in [2.05, 4.69) is 10.4 Å². The molecule has 0 bridgehead atoms. The predicted molar refractivity (Wildman–Crippen MR) is 121 cm³/mol. The second-order valence-corrected chi connectivity index (χ2v) is 8.55. The first-order valence-electron chi connectivity index (χ1n) is 8.94. The summed E-state index contributed by atoms with van der Waals surface area (Å²) < 4.78 is 1.82. The van der Waals surface area contributed by atoms with Crippen LogP contribution in [-0.2, 0) is 6.54 Å². The largest absolute Gasteiger partial charge is 0.366 e. The number of amides is 2. The Kier molecular flexibility index (Phi) is 5.51. The third kappa shape index (κ3) is 3.92. The summed E-state index contributed by atoms with van der Waals surface area (Å²) in [5.74, 6) is -0.922. The lowest BCUT2D eigenvalue weighted by Crippen LogP contribution is -2.17. The summed E-state index contributed by atoms with van der Waals surface area (Å²) in [6.07, 6.45) is 0. The molecule has 2 heterocycles. The van der Waals surface area contributed by atoms with Crippen molar-refractivity contribution in [1.82, 2.24) is 9.78 Å². The van der Waals surface area contributed by atoms with E-state index in [4.69, 9.17) is 28.9 Å². The third-order valence-electron chi connectivity index (χ3n) is 4.61. The fourth-order valence-electron chi connectivity index (χ4n) is 3.13. The molecule has 0 aliphatic rings. The minimum atomic E-state index is -0.603. The van der Waals surface area contributed by atoms with Crippen molar-refractivity contribution in [1.29, 1.82) is 0 Å². The first kappa shape index (κ1) is 20.4. The Labute approximate surface area is 186 Å². The van der Waals surface area contributed by atoms with E-state index in [1.54, 1.807) is 42.5 Å². The Bertz CT molecular complexity index is 1300. The molecule has 152 valence electrons. The monoisotopic (exact) mass is 458 g/mol. The number of carbonyl (C=O) groups excluding carboxylic acids is 2. The maximum atomic E-state index is 12.8. The second kappa shape index (κ2) is 8.10. The molecule has 4 aromatic rings. The smallest absolute Gasteiger partial charge is 0.265 e. The van der Waals surface area contributed by atoms with Crippen LogP contribution in [0.4, 0.5) is 5.69 Å². The van der Waals surface area contributed by atoms with Crippen molar-refractivity contribution in [3.8, 4) is 0 Å². The van der Waals surface area contributed by atoms with Crippen LogP contribution in [0.3, 0.4) is 0 Å². The molecule has 0 fully saturated rings. The number of hydrogen-bond donors (Lipinski definition) is 2. The van der Waals surface area contributed by atoms with E-state index in [1.807, 2.05) is 17.7 Å². The van der Waals surface area contributed by atoms with E-state index in [9.17, 15) is 9.59 Å².